The Kier molecular flexibility index (Phi) is 2.67. The van der Waals surface area contributed by atoms with Crippen molar-refractivity contribution in [2.45, 2.75) is 19.4 Å². The first-order valence-corrected chi connectivity index (χ1v) is 8.25. The molecular weight excluding hydrogens is 332 g/mol. The van der Waals surface area contributed by atoms with Crippen molar-refractivity contribution in [3.8, 4) is 11.5 Å². The molecule has 1 N–H and O–H groups in total. The summed E-state index contributed by atoms with van der Waals surface area (Å²) in [6.45, 7) is 3.52. The van der Waals surface area contributed by atoms with Crippen molar-refractivity contribution in [1.29, 1.82) is 0 Å². The second-order valence-corrected chi connectivity index (χ2v) is 6.75. The Morgan fingerprint density at radius 2 is 1.85 bits per heavy atom. The summed E-state index contributed by atoms with van der Waals surface area (Å²) >= 11 is 0. The number of rotatable bonds is 0. The van der Waals surface area contributed by atoms with Gasteiger partial charge in [0.2, 0.25) is 11.6 Å². The van der Waals surface area contributed by atoms with Crippen molar-refractivity contribution >= 4 is 23.4 Å². The zero-order valence-corrected chi connectivity index (χ0v) is 14.1. The van der Waals surface area contributed by atoms with Gasteiger partial charge in [0, 0.05) is 23.3 Å². The summed E-state index contributed by atoms with van der Waals surface area (Å²) < 4.78 is 11.7. The van der Waals surface area contributed by atoms with Gasteiger partial charge in [0.05, 0.1) is 5.56 Å². The van der Waals surface area contributed by atoms with Gasteiger partial charge in [-0.15, -0.1) is 0 Å². The molecule has 5 rings (SSSR count). The van der Waals surface area contributed by atoms with Gasteiger partial charge >= 0.3 is 0 Å². The lowest BCUT2D eigenvalue weighted by atomic mass is 9.75. The SMILES string of the molecule is CC1=Cc2cccc3c2C(=CC(=O)[C@@]32Oc3cc(O)cc(C)c3C2=O)O1. The highest BCUT2D eigenvalue weighted by molar-refractivity contribution is 6.27. The van der Waals surface area contributed by atoms with Crippen LogP contribution in [-0.4, -0.2) is 16.7 Å². The van der Waals surface area contributed by atoms with Crippen molar-refractivity contribution in [3.05, 3.63) is 70.0 Å². The van der Waals surface area contributed by atoms with E-state index in [1.54, 1.807) is 19.1 Å². The average molecular weight is 346 g/mol. The summed E-state index contributed by atoms with van der Waals surface area (Å²) in [5, 5.41) is 9.86. The second kappa shape index (κ2) is 4.64. The minimum Gasteiger partial charge on any atom is -0.508 e. The molecule has 0 aromatic heterocycles. The summed E-state index contributed by atoms with van der Waals surface area (Å²) in [7, 11) is 0. The topological polar surface area (TPSA) is 72.8 Å². The maximum Gasteiger partial charge on any atom is 0.259 e. The van der Waals surface area contributed by atoms with Crippen LogP contribution in [0.2, 0.25) is 0 Å². The number of ketones is 2. The number of fused-ring (bicyclic) bond motifs is 2. The van der Waals surface area contributed by atoms with Gasteiger partial charge in [0.25, 0.3) is 5.60 Å². The van der Waals surface area contributed by atoms with Crippen molar-refractivity contribution in [2.24, 2.45) is 0 Å². The Bertz CT molecular complexity index is 1110. The van der Waals surface area contributed by atoms with Crippen LogP contribution in [0.15, 0.2) is 42.2 Å². The molecule has 5 nitrogen and oxygen atoms in total. The molecule has 0 amide bonds. The predicted molar refractivity (Wildman–Crippen MR) is 93.6 cm³/mol. The molecule has 0 saturated carbocycles. The van der Waals surface area contributed by atoms with Crippen LogP contribution in [0.4, 0.5) is 0 Å². The van der Waals surface area contributed by atoms with Crippen molar-refractivity contribution in [2.75, 3.05) is 0 Å². The number of Topliss-reactive ketones (excluding diaryl/α,β-unsaturated/α-hetero) is 1. The first kappa shape index (κ1) is 15.0. The largest absolute Gasteiger partial charge is 0.508 e. The molecule has 1 spiro atoms. The van der Waals surface area contributed by atoms with Gasteiger partial charge in [-0.05, 0) is 37.1 Å². The van der Waals surface area contributed by atoms with Crippen LogP contribution in [0, 0.1) is 6.92 Å². The third-order valence-electron chi connectivity index (χ3n) is 5.06. The van der Waals surface area contributed by atoms with Crippen molar-refractivity contribution < 1.29 is 24.2 Å². The van der Waals surface area contributed by atoms with Crippen molar-refractivity contribution in [1.82, 2.24) is 0 Å². The fraction of sp³-hybridized carbons (Fsp3) is 0.143. The van der Waals surface area contributed by atoms with E-state index in [0.717, 1.165) is 5.56 Å². The van der Waals surface area contributed by atoms with Gasteiger partial charge in [-0.25, -0.2) is 0 Å². The van der Waals surface area contributed by atoms with Crippen LogP contribution in [0.25, 0.3) is 11.8 Å². The Balaban J connectivity index is 1.82. The number of carbonyl (C=O) groups excluding carboxylic acids is 2. The minimum absolute atomic E-state index is 0.0115. The fourth-order valence-corrected chi connectivity index (χ4v) is 4.02. The summed E-state index contributed by atoms with van der Waals surface area (Å²) in [4.78, 5) is 26.4. The number of aryl methyl sites for hydroxylation is 1. The minimum atomic E-state index is -1.77. The first-order chi connectivity index (χ1) is 12.4. The third-order valence-corrected chi connectivity index (χ3v) is 5.06. The van der Waals surface area contributed by atoms with Gasteiger partial charge < -0.3 is 14.6 Å². The van der Waals surface area contributed by atoms with E-state index < -0.39 is 17.2 Å². The highest BCUT2D eigenvalue weighted by Gasteiger charge is 2.58. The van der Waals surface area contributed by atoms with E-state index in [2.05, 4.69) is 0 Å². The molecule has 2 aliphatic heterocycles. The summed E-state index contributed by atoms with van der Waals surface area (Å²) in [6.07, 6.45) is 3.20. The van der Waals surface area contributed by atoms with Gasteiger partial charge in [-0.1, -0.05) is 18.2 Å². The Morgan fingerprint density at radius 1 is 1.04 bits per heavy atom. The van der Waals surface area contributed by atoms with E-state index in [1.165, 1.54) is 18.2 Å². The normalized spacial score (nSPS) is 22.2. The van der Waals surface area contributed by atoms with E-state index in [9.17, 15) is 14.7 Å². The zero-order chi connectivity index (χ0) is 18.2. The maximum absolute atomic E-state index is 13.4. The Labute approximate surface area is 149 Å². The smallest absolute Gasteiger partial charge is 0.259 e. The van der Waals surface area contributed by atoms with Crippen LogP contribution in [0.1, 0.15) is 39.5 Å². The molecule has 2 aromatic rings. The molecule has 2 aromatic carbocycles. The van der Waals surface area contributed by atoms with E-state index in [1.807, 2.05) is 19.1 Å². The average Bonchev–Trinajstić information content (AvgIpc) is 2.86. The zero-order valence-electron chi connectivity index (χ0n) is 14.1. The Morgan fingerprint density at radius 3 is 2.65 bits per heavy atom. The van der Waals surface area contributed by atoms with Crippen molar-refractivity contribution in [3.63, 3.8) is 0 Å². The monoisotopic (exact) mass is 346 g/mol. The van der Waals surface area contributed by atoms with Gasteiger partial charge in [0.15, 0.2) is 0 Å². The number of allylic oxidation sites excluding steroid dienone is 1. The van der Waals surface area contributed by atoms with Gasteiger partial charge in [-0.2, -0.15) is 0 Å². The van der Waals surface area contributed by atoms with Gasteiger partial charge in [-0.3, -0.25) is 9.59 Å². The van der Waals surface area contributed by atoms with Gasteiger partial charge in [0.1, 0.15) is 23.0 Å². The van der Waals surface area contributed by atoms with E-state index in [-0.39, 0.29) is 11.5 Å². The molecule has 3 aliphatic rings. The van der Waals surface area contributed by atoms with Crippen LogP contribution in [0.5, 0.6) is 11.5 Å². The molecule has 0 radical (unpaired) electrons. The van der Waals surface area contributed by atoms with Crippen LogP contribution >= 0.6 is 0 Å². The summed E-state index contributed by atoms with van der Waals surface area (Å²) in [6, 6.07) is 8.29. The molecule has 0 bridgehead atoms. The maximum atomic E-state index is 13.4. The van der Waals surface area contributed by atoms with E-state index in [4.69, 9.17) is 9.47 Å². The summed E-state index contributed by atoms with van der Waals surface area (Å²) in [5.74, 6) is 0.420. The number of benzene rings is 2. The quantitative estimate of drug-likeness (QED) is 0.739. The molecule has 0 saturated heterocycles. The molecule has 2 heterocycles. The number of ether oxygens (including phenoxy) is 2. The summed E-state index contributed by atoms with van der Waals surface area (Å²) in [5.41, 5.74) is 1.17. The number of carbonyl (C=O) groups is 2. The molecule has 0 unspecified atom stereocenters. The van der Waals surface area contributed by atoms with Crippen LogP contribution in [0.3, 0.4) is 0 Å². The highest BCUT2D eigenvalue weighted by Crippen LogP contribution is 2.50. The number of phenolic OH excluding ortho intramolecular Hbond substituents is 1. The second-order valence-electron chi connectivity index (χ2n) is 6.75. The fourth-order valence-electron chi connectivity index (χ4n) is 4.02. The first-order valence-electron chi connectivity index (χ1n) is 8.25. The number of hydrogen-bond donors (Lipinski definition) is 1. The molecule has 1 atom stereocenters. The third kappa shape index (κ3) is 1.65. The molecule has 128 valence electrons. The number of hydrogen-bond acceptors (Lipinski definition) is 5. The number of phenols is 1. The highest BCUT2D eigenvalue weighted by atomic mass is 16.5. The molecule has 5 heteroatoms. The van der Waals surface area contributed by atoms with Crippen LogP contribution in [-0.2, 0) is 15.1 Å². The molecular formula is C21H14O5. The lowest BCUT2D eigenvalue weighted by Crippen LogP contribution is -2.47. The lowest BCUT2D eigenvalue weighted by molar-refractivity contribution is -0.126. The Hall–Kier alpha value is -3.34. The predicted octanol–water partition coefficient (Wildman–Crippen LogP) is 3.49. The molecule has 1 aliphatic carbocycles. The van der Waals surface area contributed by atoms with Crippen LogP contribution < -0.4 is 4.74 Å². The number of aromatic hydroxyl groups is 1. The van der Waals surface area contributed by atoms with E-state index >= 15 is 0 Å². The standard InChI is InChI=1S/C21H14O5/c1-10-6-13(22)8-16-18(10)20(24)21(26-16)14-5-3-4-12-7-11(2)25-15(19(12)14)9-17(21)23/h3-9,22H,1-2H3/t21-/m0/s1. The molecule has 0 fully saturated rings. The van der Waals surface area contributed by atoms with E-state index in [0.29, 0.717) is 33.8 Å². The lowest BCUT2D eigenvalue weighted by Gasteiger charge is -2.33. The molecule has 26 heavy (non-hydrogen) atoms.